The van der Waals surface area contributed by atoms with Crippen molar-refractivity contribution in [1.29, 1.82) is 0 Å². The van der Waals surface area contributed by atoms with E-state index in [9.17, 15) is 14.4 Å². The summed E-state index contributed by atoms with van der Waals surface area (Å²) in [6, 6.07) is 8.15. The van der Waals surface area contributed by atoms with Gasteiger partial charge in [-0.2, -0.15) is 0 Å². The average Bonchev–Trinajstić information content (AvgIpc) is 3.10. The third-order valence-corrected chi connectivity index (χ3v) is 3.73. The van der Waals surface area contributed by atoms with E-state index in [2.05, 4.69) is 20.9 Å². The number of anilines is 1. The van der Waals surface area contributed by atoms with Crippen LogP contribution in [0.2, 0.25) is 0 Å². The van der Waals surface area contributed by atoms with Gasteiger partial charge in [-0.05, 0) is 37.9 Å². The van der Waals surface area contributed by atoms with Gasteiger partial charge in [0.15, 0.2) is 5.69 Å². The molecule has 0 saturated heterocycles. The fourth-order valence-corrected chi connectivity index (χ4v) is 2.36. The molecule has 0 radical (unpaired) electrons. The highest BCUT2D eigenvalue weighted by atomic mass is 16.2. The molecule has 144 valence electrons. The van der Waals surface area contributed by atoms with Gasteiger partial charge in [-0.1, -0.05) is 23.4 Å². The molecular weight excluding hydrogens is 350 g/mol. The molecule has 10 heteroatoms. The number of nitrogens with one attached hydrogen (secondary N) is 2. The van der Waals surface area contributed by atoms with Crippen molar-refractivity contribution in [2.75, 3.05) is 11.9 Å². The number of para-hydroxylation sites is 1. The Labute approximate surface area is 156 Å². The minimum atomic E-state index is -0.810. The van der Waals surface area contributed by atoms with Crippen LogP contribution in [0, 0.1) is 0 Å². The summed E-state index contributed by atoms with van der Waals surface area (Å²) in [5.74, 6) is -1.52. The van der Waals surface area contributed by atoms with Crippen molar-refractivity contribution in [3.63, 3.8) is 0 Å². The van der Waals surface area contributed by atoms with Crippen LogP contribution in [-0.4, -0.2) is 45.3 Å². The molecule has 0 spiro atoms. The molecule has 0 aliphatic rings. The Morgan fingerprint density at radius 3 is 2.56 bits per heavy atom. The molecule has 1 atom stereocenters. The Bertz CT molecular complexity index is 776. The van der Waals surface area contributed by atoms with Gasteiger partial charge in [0, 0.05) is 5.69 Å². The smallest absolute Gasteiger partial charge is 0.274 e. The molecule has 0 saturated carbocycles. The van der Waals surface area contributed by atoms with Gasteiger partial charge < -0.3 is 22.1 Å². The standard InChI is InChI=1S/C17H23N7O3/c18-9-5-4-8-13(16(19)26)21-17(27)14-10-24(23-22-14)11-15(25)20-12-6-2-1-3-7-12/h1-3,6-7,10,13H,4-5,8-9,11,18H2,(H2,19,26)(H,20,25)(H,21,27)/t13-/m0/s1. The SMILES string of the molecule is NCCCC[C@H](NC(=O)c1cn(CC(=O)Nc2ccccc2)nn1)C(N)=O. The van der Waals surface area contributed by atoms with Crippen molar-refractivity contribution in [3.8, 4) is 0 Å². The van der Waals surface area contributed by atoms with Crippen LogP contribution in [0.15, 0.2) is 36.5 Å². The number of nitrogens with zero attached hydrogens (tertiary/aromatic N) is 3. The zero-order valence-electron chi connectivity index (χ0n) is 14.8. The molecule has 0 unspecified atom stereocenters. The summed E-state index contributed by atoms with van der Waals surface area (Å²) in [4.78, 5) is 35.7. The van der Waals surface area contributed by atoms with Gasteiger partial charge in [-0.3, -0.25) is 14.4 Å². The van der Waals surface area contributed by atoms with Crippen molar-refractivity contribution in [3.05, 3.63) is 42.2 Å². The van der Waals surface area contributed by atoms with Crippen molar-refractivity contribution in [1.82, 2.24) is 20.3 Å². The highest BCUT2D eigenvalue weighted by Gasteiger charge is 2.20. The molecule has 3 amide bonds. The molecule has 1 aromatic heterocycles. The number of hydrogen-bond acceptors (Lipinski definition) is 6. The molecular formula is C17H23N7O3. The van der Waals surface area contributed by atoms with Crippen molar-refractivity contribution < 1.29 is 14.4 Å². The van der Waals surface area contributed by atoms with Gasteiger partial charge in [0.1, 0.15) is 12.6 Å². The van der Waals surface area contributed by atoms with E-state index in [0.717, 1.165) is 6.42 Å². The fourth-order valence-electron chi connectivity index (χ4n) is 2.36. The van der Waals surface area contributed by atoms with E-state index < -0.39 is 17.9 Å². The second-order valence-electron chi connectivity index (χ2n) is 5.93. The number of primary amides is 1. The summed E-state index contributed by atoms with van der Waals surface area (Å²) in [5, 5.41) is 12.7. The van der Waals surface area contributed by atoms with Gasteiger partial charge in [0.2, 0.25) is 11.8 Å². The second kappa shape index (κ2) is 10.0. The van der Waals surface area contributed by atoms with Crippen molar-refractivity contribution in [2.45, 2.75) is 31.8 Å². The maximum atomic E-state index is 12.2. The summed E-state index contributed by atoms with van der Waals surface area (Å²) >= 11 is 0. The largest absolute Gasteiger partial charge is 0.368 e. The van der Waals surface area contributed by atoms with Crippen LogP contribution in [0.25, 0.3) is 0 Å². The number of hydrogen-bond donors (Lipinski definition) is 4. The molecule has 1 aromatic carbocycles. The van der Waals surface area contributed by atoms with Gasteiger partial charge in [-0.25, -0.2) is 4.68 Å². The zero-order chi connectivity index (χ0) is 19.6. The zero-order valence-corrected chi connectivity index (χ0v) is 14.8. The Morgan fingerprint density at radius 1 is 1.15 bits per heavy atom. The van der Waals surface area contributed by atoms with Crippen LogP contribution >= 0.6 is 0 Å². The maximum Gasteiger partial charge on any atom is 0.274 e. The highest BCUT2D eigenvalue weighted by molar-refractivity contribution is 5.95. The van der Waals surface area contributed by atoms with Crippen LogP contribution in [0.5, 0.6) is 0 Å². The third-order valence-electron chi connectivity index (χ3n) is 3.73. The number of nitrogens with two attached hydrogens (primary N) is 2. The van der Waals surface area contributed by atoms with E-state index in [4.69, 9.17) is 11.5 Å². The van der Waals surface area contributed by atoms with E-state index in [-0.39, 0.29) is 18.1 Å². The first-order valence-corrected chi connectivity index (χ1v) is 8.55. The minimum Gasteiger partial charge on any atom is -0.368 e. The molecule has 0 aliphatic carbocycles. The second-order valence-corrected chi connectivity index (χ2v) is 5.93. The number of amides is 3. The summed E-state index contributed by atoms with van der Waals surface area (Å²) in [5.41, 5.74) is 11.4. The Hall–Kier alpha value is -3.27. The first kappa shape index (κ1) is 20.0. The van der Waals surface area contributed by atoms with E-state index in [1.807, 2.05) is 6.07 Å². The summed E-state index contributed by atoms with van der Waals surface area (Å²) < 4.78 is 1.24. The number of rotatable bonds is 10. The van der Waals surface area contributed by atoms with Crippen molar-refractivity contribution in [2.24, 2.45) is 11.5 Å². The fraction of sp³-hybridized carbons (Fsp3) is 0.353. The number of carbonyl (C=O) groups is 3. The highest BCUT2D eigenvalue weighted by Crippen LogP contribution is 2.05. The molecule has 2 rings (SSSR count). The first-order valence-electron chi connectivity index (χ1n) is 8.55. The molecule has 27 heavy (non-hydrogen) atoms. The first-order chi connectivity index (χ1) is 13.0. The lowest BCUT2D eigenvalue weighted by Gasteiger charge is -2.14. The van der Waals surface area contributed by atoms with Crippen LogP contribution in [0.3, 0.4) is 0 Å². The molecule has 0 fully saturated rings. The lowest BCUT2D eigenvalue weighted by molar-refractivity contribution is -0.120. The quantitative estimate of drug-likeness (QED) is 0.416. The topological polar surface area (TPSA) is 158 Å². The molecule has 10 nitrogen and oxygen atoms in total. The predicted molar refractivity (Wildman–Crippen MR) is 98.4 cm³/mol. The van der Waals surface area contributed by atoms with Crippen LogP contribution in [0.1, 0.15) is 29.8 Å². The lowest BCUT2D eigenvalue weighted by Crippen LogP contribution is -2.44. The maximum absolute atomic E-state index is 12.2. The van der Waals surface area contributed by atoms with E-state index in [1.165, 1.54) is 10.9 Å². The van der Waals surface area contributed by atoms with Gasteiger partial charge >= 0.3 is 0 Å². The molecule has 2 aromatic rings. The predicted octanol–water partition coefficient (Wildman–Crippen LogP) is -0.370. The average molecular weight is 373 g/mol. The normalized spacial score (nSPS) is 11.6. The van der Waals surface area contributed by atoms with Crippen LogP contribution in [0.4, 0.5) is 5.69 Å². The minimum absolute atomic E-state index is 0.00686. The van der Waals surface area contributed by atoms with Gasteiger partial charge in [-0.15, -0.1) is 5.10 Å². The number of benzene rings is 1. The number of aromatic nitrogens is 3. The van der Waals surface area contributed by atoms with Crippen LogP contribution < -0.4 is 22.1 Å². The molecule has 1 heterocycles. The number of unbranched alkanes of at least 4 members (excludes halogenated alkanes) is 1. The number of carbonyl (C=O) groups excluding carboxylic acids is 3. The molecule has 0 bridgehead atoms. The molecule has 6 N–H and O–H groups in total. The summed E-state index contributed by atoms with van der Waals surface area (Å²) in [6.07, 6.45) is 3.12. The lowest BCUT2D eigenvalue weighted by atomic mass is 10.1. The Kier molecular flexibility index (Phi) is 7.44. The monoisotopic (exact) mass is 373 g/mol. The Balaban J connectivity index is 1.90. The molecule has 0 aliphatic heterocycles. The third kappa shape index (κ3) is 6.51. The van der Waals surface area contributed by atoms with Gasteiger partial charge in [0.25, 0.3) is 5.91 Å². The van der Waals surface area contributed by atoms with E-state index >= 15 is 0 Å². The summed E-state index contributed by atoms with van der Waals surface area (Å²) in [7, 11) is 0. The van der Waals surface area contributed by atoms with Gasteiger partial charge in [0.05, 0.1) is 6.20 Å². The van der Waals surface area contributed by atoms with E-state index in [0.29, 0.717) is 25.1 Å². The van der Waals surface area contributed by atoms with E-state index in [1.54, 1.807) is 24.3 Å². The van der Waals surface area contributed by atoms with Crippen molar-refractivity contribution >= 4 is 23.4 Å². The van der Waals surface area contributed by atoms with Crippen LogP contribution in [-0.2, 0) is 16.1 Å². The Morgan fingerprint density at radius 2 is 1.89 bits per heavy atom. The summed E-state index contributed by atoms with van der Waals surface area (Å²) in [6.45, 7) is 0.393.